The van der Waals surface area contributed by atoms with E-state index in [2.05, 4.69) is 21.3 Å². The van der Waals surface area contributed by atoms with Crippen molar-refractivity contribution >= 4 is 11.8 Å². The number of urea groups is 1. The van der Waals surface area contributed by atoms with Gasteiger partial charge in [0.15, 0.2) is 0 Å². The normalized spacial score (nSPS) is 19.5. The van der Waals surface area contributed by atoms with E-state index >= 15 is 0 Å². The third-order valence-electron chi connectivity index (χ3n) is 4.92. The molecule has 24 heavy (non-hydrogen) atoms. The molecule has 1 N–H and O–H groups in total. The zero-order valence-corrected chi connectivity index (χ0v) is 14.1. The van der Waals surface area contributed by atoms with E-state index in [9.17, 15) is 4.79 Å². The smallest absolute Gasteiger partial charge is 0.317 e. The minimum absolute atomic E-state index is 0.104. The zero-order valence-electron chi connectivity index (χ0n) is 14.1. The first kappa shape index (κ1) is 16.6. The lowest BCUT2D eigenvalue weighted by atomic mass is 10.1. The number of amides is 2. The van der Waals surface area contributed by atoms with Crippen LogP contribution in [0.4, 0.5) is 10.6 Å². The van der Waals surface area contributed by atoms with Crippen molar-refractivity contribution in [1.29, 1.82) is 5.26 Å². The maximum Gasteiger partial charge on any atom is 0.317 e. The lowest BCUT2D eigenvalue weighted by Crippen LogP contribution is -2.49. The van der Waals surface area contributed by atoms with Crippen LogP contribution in [0.15, 0.2) is 18.3 Å². The molecule has 0 atom stereocenters. The monoisotopic (exact) mass is 327 g/mol. The van der Waals surface area contributed by atoms with E-state index in [1.54, 1.807) is 12.3 Å². The highest BCUT2D eigenvalue weighted by molar-refractivity contribution is 5.74. The molecule has 1 aromatic heterocycles. The van der Waals surface area contributed by atoms with E-state index in [4.69, 9.17) is 5.26 Å². The summed E-state index contributed by atoms with van der Waals surface area (Å²) in [6.07, 6.45) is 8.19. The van der Waals surface area contributed by atoms with Gasteiger partial charge in [-0.1, -0.05) is 12.8 Å². The second-order valence-electron chi connectivity index (χ2n) is 6.63. The second kappa shape index (κ2) is 8.00. The Morgan fingerprint density at radius 3 is 2.42 bits per heavy atom. The summed E-state index contributed by atoms with van der Waals surface area (Å²) in [5, 5.41) is 12.0. The zero-order chi connectivity index (χ0) is 16.8. The van der Waals surface area contributed by atoms with E-state index in [-0.39, 0.29) is 12.1 Å². The van der Waals surface area contributed by atoms with Crippen molar-refractivity contribution in [3.8, 4) is 6.07 Å². The van der Waals surface area contributed by atoms with Crippen LogP contribution in [0.2, 0.25) is 0 Å². The molecule has 2 aliphatic rings. The lowest BCUT2D eigenvalue weighted by Gasteiger charge is -2.34. The van der Waals surface area contributed by atoms with E-state index in [0.29, 0.717) is 5.56 Å². The van der Waals surface area contributed by atoms with Gasteiger partial charge in [-0.25, -0.2) is 9.78 Å². The first-order valence-corrected chi connectivity index (χ1v) is 8.93. The van der Waals surface area contributed by atoms with Crippen LogP contribution in [0.5, 0.6) is 0 Å². The van der Waals surface area contributed by atoms with E-state index < -0.39 is 0 Å². The van der Waals surface area contributed by atoms with Gasteiger partial charge in [0.2, 0.25) is 0 Å². The highest BCUT2D eigenvalue weighted by Gasteiger charge is 2.24. The fourth-order valence-electron chi connectivity index (χ4n) is 3.43. The molecule has 2 saturated heterocycles. The number of hydrogen-bond acceptors (Lipinski definition) is 4. The summed E-state index contributed by atoms with van der Waals surface area (Å²) in [5.41, 5.74) is 0.582. The molecule has 0 aromatic carbocycles. The summed E-state index contributed by atoms with van der Waals surface area (Å²) in [7, 11) is 0. The minimum Gasteiger partial charge on any atom is -0.356 e. The third kappa shape index (κ3) is 4.16. The number of nitriles is 1. The number of piperidine rings is 1. The Labute approximate surface area is 143 Å². The van der Waals surface area contributed by atoms with Gasteiger partial charge in [0.05, 0.1) is 5.56 Å². The number of carbonyl (C=O) groups is 1. The van der Waals surface area contributed by atoms with Crippen molar-refractivity contribution in [3.05, 3.63) is 23.9 Å². The van der Waals surface area contributed by atoms with Crippen molar-refractivity contribution in [1.82, 2.24) is 15.2 Å². The van der Waals surface area contributed by atoms with Crippen LogP contribution >= 0.6 is 0 Å². The molecule has 0 radical (unpaired) electrons. The van der Waals surface area contributed by atoms with Gasteiger partial charge in [0.25, 0.3) is 0 Å². The molecule has 2 aliphatic heterocycles. The van der Waals surface area contributed by atoms with Crippen molar-refractivity contribution in [2.24, 2.45) is 0 Å². The van der Waals surface area contributed by atoms with Crippen molar-refractivity contribution in [2.75, 3.05) is 31.1 Å². The Morgan fingerprint density at radius 1 is 1.12 bits per heavy atom. The average Bonchev–Trinajstić information content (AvgIpc) is 2.92. The number of aromatic nitrogens is 1. The average molecular weight is 327 g/mol. The standard InChI is InChI=1S/C18H25N5O/c19-13-15-5-6-17(20-14-15)22-11-7-16(8-12-22)21-18(24)23-9-3-1-2-4-10-23/h5-6,14,16H,1-4,7-12H2,(H,21,24). The van der Waals surface area contributed by atoms with Gasteiger partial charge < -0.3 is 15.1 Å². The highest BCUT2D eigenvalue weighted by atomic mass is 16.2. The Hall–Kier alpha value is -2.29. The lowest BCUT2D eigenvalue weighted by molar-refractivity contribution is 0.193. The summed E-state index contributed by atoms with van der Waals surface area (Å²) in [5.74, 6) is 0.909. The topological polar surface area (TPSA) is 72.3 Å². The van der Waals surface area contributed by atoms with Gasteiger partial charge in [0, 0.05) is 38.4 Å². The SMILES string of the molecule is N#Cc1ccc(N2CCC(NC(=O)N3CCCCCC3)CC2)nc1. The molecule has 128 valence electrons. The summed E-state index contributed by atoms with van der Waals surface area (Å²) in [6.45, 7) is 3.54. The van der Waals surface area contributed by atoms with Crippen molar-refractivity contribution in [3.63, 3.8) is 0 Å². The van der Waals surface area contributed by atoms with Gasteiger partial charge in [-0.05, 0) is 37.8 Å². The van der Waals surface area contributed by atoms with Crippen LogP contribution in [-0.4, -0.2) is 48.1 Å². The molecular formula is C18H25N5O. The van der Waals surface area contributed by atoms with E-state index in [1.807, 2.05) is 11.0 Å². The number of rotatable bonds is 2. The fraction of sp³-hybridized carbons (Fsp3) is 0.611. The van der Waals surface area contributed by atoms with Gasteiger partial charge in [0.1, 0.15) is 11.9 Å². The molecule has 6 heteroatoms. The van der Waals surface area contributed by atoms with Crippen molar-refractivity contribution in [2.45, 2.75) is 44.6 Å². The van der Waals surface area contributed by atoms with Crippen LogP contribution in [0.25, 0.3) is 0 Å². The third-order valence-corrected chi connectivity index (χ3v) is 4.92. The highest BCUT2D eigenvalue weighted by Crippen LogP contribution is 2.18. The molecule has 3 heterocycles. The molecule has 2 fully saturated rings. The van der Waals surface area contributed by atoms with E-state index in [0.717, 1.165) is 57.7 Å². The molecule has 0 saturated carbocycles. The Balaban J connectivity index is 1.47. The Morgan fingerprint density at radius 2 is 1.83 bits per heavy atom. The minimum atomic E-state index is 0.104. The molecule has 0 spiro atoms. The van der Waals surface area contributed by atoms with Crippen LogP contribution in [0.3, 0.4) is 0 Å². The van der Waals surface area contributed by atoms with Crippen LogP contribution in [-0.2, 0) is 0 Å². The molecule has 3 rings (SSSR count). The Bertz CT molecular complexity index is 578. The van der Waals surface area contributed by atoms with Gasteiger partial charge in [-0.3, -0.25) is 0 Å². The quantitative estimate of drug-likeness (QED) is 0.906. The van der Waals surface area contributed by atoms with Crippen molar-refractivity contribution < 1.29 is 4.79 Å². The molecule has 6 nitrogen and oxygen atoms in total. The summed E-state index contributed by atoms with van der Waals surface area (Å²) < 4.78 is 0. The number of nitrogens with one attached hydrogen (secondary N) is 1. The molecule has 0 aliphatic carbocycles. The maximum atomic E-state index is 12.4. The molecule has 2 amide bonds. The maximum absolute atomic E-state index is 12.4. The first-order chi connectivity index (χ1) is 11.8. The van der Waals surface area contributed by atoms with Gasteiger partial charge in [-0.15, -0.1) is 0 Å². The summed E-state index contributed by atoms with van der Waals surface area (Å²) in [4.78, 5) is 20.9. The first-order valence-electron chi connectivity index (χ1n) is 8.93. The van der Waals surface area contributed by atoms with Crippen LogP contribution < -0.4 is 10.2 Å². The molecule has 1 aromatic rings. The number of hydrogen-bond donors (Lipinski definition) is 1. The summed E-state index contributed by atoms with van der Waals surface area (Å²) >= 11 is 0. The summed E-state index contributed by atoms with van der Waals surface area (Å²) in [6, 6.07) is 6.14. The largest absolute Gasteiger partial charge is 0.356 e. The van der Waals surface area contributed by atoms with Gasteiger partial charge >= 0.3 is 6.03 Å². The van der Waals surface area contributed by atoms with Crippen LogP contribution in [0, 0.1) is 11.3 Å². The number of pyridine rings is 1. The van der Waals surface area contributed by atoms with Gasteiger partial charge in [-0.2, -0.15) is 5.26 Å². The number of likely N-dealkylation sites (tertiary alicyclic amines) is 1. The molecule has 0 unspecified atom stereocenters. The molecule has 0 bridgehead atoms. The molecular weight excluding hydrogens is 302 g/mol. The van der Waals surface area contributed by atoms with E-state index in [1.165, 1.54) is 12.8 Å². The number of carbonyl (C=O) groups excluding carboxylic acids is 1. The Kier molecular flexibility index (Phi) is 5.52. The second-order valence-corrected chi connectivity index (χ2v) is 6.63. The predicted octanol–water partition coefficient (Wildman–Crippen LogP) is 2.51. The number of nitrogens with zero attached hydrogens (tertiary/aromatic N) is 4. The number of anilines is 1. The fourth-order valence-corrected chi connectivity index (χ4v) is 3.43. The predicted molar refractivity (Wildman–Crippen MR) is 92.8 cm³/mol. The van der Waals surface area contributed by atoms with Crippen LogP contribution in [0.1, 0.15) is 44.1 Å².